The largest absolute Gasteiger partial charge is 0.398 e. The molecule has 5 aromatic rings. The molecule has 0 aliphatic heterocycles. The Hall–Kier alpha value is -4.65. The van der Waals surface area contributed by atoms with E-state index >= 15 is 0 Å². The highest BCUT2D eigenvalue weighted by molar-refractivity contribution is 7.86. The van der Waals surface area contributed by atoms with Crippen molar-refractivity contribution in [3.63, 3.8) is 0 Å². The van der Waals surface area contributed by atoms with Gasteiger partial charge in [-0.2, -0.15) is 25.3 Å². The topological polar surface area (TPSA) is 238 Å². The lowest BCUT2D eigenvalue weighted by Crippen LogP contribution is -2.10. The van der Waals surface area contributed by atoms with E-state index < -0.39 is 35.2 Å². The van der Waals surface area contributed by atoms with Crippen LogP contribution in [0.1, 0.15) is 0 Å². The maximum absolute atomic E-state index is 11.9. The zero-order chi connectivity index (χ0) is 31.2. The number of anilines is 3. The van der Waals surface area contributed by atoms with Crippen molar-refractivity contribution in [1.29, 1.82) is 0 Å². The van der Waals surface area contributed by atoms with E-state index in [9.17, 15) is 38.9 Å². The maximum Gasteiger partial charge on any atom is 0.294 e. The molecule has 0 atom stereocenters. The molecule has 0 aliphatic rings. The number of nitrogens with one attached hydrogen (secondary N) is 2. The molecule has 0 bridgehead atoms. The van der Waals surface area contributed by atoms with Crippen molar-refractivity contribution >= 4 is 80.3 Å². The van der Waals surface area contributed by atoms with Gasteiger partial charge in [-0.3, -0.25) is 13.7 Å². The van der Waals surface area contributed by atoms with Gasteiger partial charge in [-0.05, 0) is 66.7 Å². The third-order valence-corrected chi connectivity index (χ3v) is 8.85. The lowest BCUT2D eigenvalue weighted by atomic mass is 10.1. The smallest absolute Gasteiger partial charge is 0.294 e. The number of azo groups is 1. The minimum atomic E-state index is -4.59. The molecule has 0 amide bonds. The number of hydrazine groups is 1. The zero-order valence-electron chi connectivity index (χ0n) is 21.6. The van der Waals surface area contributed by atoms with E-state index in [0.717, 1.165) is 0 Å². The lowest BCUT2D eigenvalue weighted by Gasteiger charge is -2.14. The molecule has 7 N–H and O–H groups in total. The molecule has 0 saturated heterocycles. The molecule has 5 aromatic carbocycles. The van der Waals surface area contributed by atoms with Gasteiger partial charge in [0.25, 0.3) is 30.4 Å². The summed E-state index contributed by atoms with van der Waals surface area (Å²) in [5.41, 5.74) is 13.0. The van der Waals surface area contributed by atoms with E-state index in [0.29, 0.717) is 27.5 Å². The highest BCUT2D eigenvalue weighted by atomic mass is 32.2. The van der Waals surface area contributed by atoms with Crippen molar-refractivity contribution in [2.75, 3.05) is 16.6 Å². The van der Waals surface area contributed by atoms with E-state index in [1.54, 1.807) is 12.1 Å². The normalized spacial score (nSPS) is 12.6. The Bertz CT molecular complexity index is 2290. The van der Waals surface area contributed by atoms with Crippen molar-refractivity contribution in [3.05, 3.63) is 84.9 Å². The number of nitrogens with two attached hydrogens (primary N) is 1. The van der Waals surface area contributed by atoms with E-state index in [1.807, 2.05) is 0 Å². The number of benzene rings is 5. The monoisotopic (exact) mass is 643 g/mol. The first kappa shape index (κ1) is 29.8. The Balaban J connectivity index is 1.58. The van der Waals surface area contributed by atoms with Crippen LogP contribution in [0.2, 0.25) is 0 Å². The van der Waals surface area contributed by atoms with Gasteiger partial charge in [0, 0.05) is 27.2 Å². The summed E-state index contributed by atoms with van der Waals surface area (Å²) in [6, 6.07) is 19.0. The van der Waals surface area contributed by atoms with Crippen LogP contribution in [0.25, 0.3) is 21.5 Å². The minimum Gasteiger partial charge on any atom is -0.398 e. The first-order valence-corrected chi connectivity index (χ1v) is 16.3. The summed E-state index contributed by atoms with van der Waals surface area (Å²) < 4.78 is 98.5. The summed E-state index contributed by atoms with van der Waals surface area (Å²) >= 11 is 0. The molecule has 0 fully saturated rings. The maximum atomic E-state index is 11.9. The van der Waals surface area contributed by atoms with Crippen LogP contribution in [0.4, 0.5) is 28.4 Å². The molecule has 0 saturated carbocycles. The molecule has 0 radical (unpaired) electrons. The molecular weight excluding hydrogens is 623 g/mol. The average molecular weight is 644 g/mol. The summed E-state index contributed by atoms with van der Waals surface area (Å²) in [7, 11) is -13.6. The molecule has 0 spiro atoms. The lowest BCUT2D eigenvalue weighted by molar-refractivity contribution is 0.481. The van der Waals surface area contributed by atoms with Crippen molar-refractivity contribution in [3.8, 4) is 0 Å². The van der Waals surface area contributed by atoms with Crippen molar-refractivity contribution in [1.82, 2.24) is 0 Å². The number of fused-ring (bicyclic) bond motifs is 2. The number of rotatable bonds is 8. The van der Waals surface area contributed by atoms with Crippen molar-refractivity contribution < 1.29 is 38.9 Å². The third kappa shape index (κ3) is 6.41. The minimum absolute atomic E-state index is 0.222. The average Bonchev–Trinajstić information content (AvgIpc) is 2.94. The molecule has 5 rings (SSSR count). The number of nitrogen functional groups attached to an aromatic ring is 1. The van der Waals surface area contributed by atoms with Crippen LogP contribution in [0.3, 0.4) is 0 Å². The van der Waals surface area contributed by atoms with E-state index in [1.165, 1.54) is 72.8 Å². The number of nitrogens with zero attached hydrogens (tertiary/aromatic N) is 2. The molecule has 0 aromatic heterocycles. The molecule has 43 heavy (non-hydrogen) atoms. The van der Waals surface area contributed by atoms with Gasteiger partial charge in [0.2, 0.25) is 0 Å². The van der Waals surface area contributed by atoms with Gasteiger partial charge in [0.1, 0.15) is 0 Å². The summed E-state index contributed by atoms with van der Waals surface area (Å²) in [6.07, 6.45) is 0. The van der Waals surface area contributed by atoms with Gasteiger partial charge in [0.05, 0.1) is 37.4 Å². The summed E-state index contributed by atoms with van der Waals surface area (Å²) in [5, 5.41) is 9.95. The molecule has 222 valence electrons. The zero-order valence-corrected chi connectivity index (χ0v) is 24.0. The quantitative estimate of drug-likeness (QED) is 0.0556. The number of hydrogen-bond acceptors (Lipinski definition) is 11. The van der Waals surface area contributed by atoms with Crippen LogP contribution >= 0.6 is 0 Å². The van der Waals surface area contributed by atoms with Gasteiger partial charge in [0.15, 0.2) is 0 Å². The van der Waals surface area contributed by atoms with Crippen LogP contribution in [0.5, 0.6) is 0 Å². The SMILES string of the molecule is Nc1ccc(N=Nc2ccc(NNc3cccc(S(=O)(=O)O)c3)c3cc(S(=O)(=O)O)ccc23)c2cc(S(=O)(=O)O)ccc12. The molecular formula is C26H21N5O9S3. The Labute approximate surface area is 245 Å². The van der Waals surface area contributed by atoms with Crippen LogP contribution in [0, 0.1) is 0 Å². The molecule has 14 nitrogen and oxygen atoms in total. The van der Waals surface area contributed by atoms with Crippen LogP contribution in [-0.2, 0) is 30.4 Å². The standard InChI is InChI=1S/C26H21N5O9S3/c27-23-8-9-25(21-13-17(42(35,36)37)4-6-19(21)23)31-30-24-10-11-26(22-14-18(43(38,39)40)5-7-20(22)24)29-28-15-2-1-3-16(12-15)41(32,33)34/h1-14,28-29H,27H2,(H,32,33,34)(H,35,36,37)(H,38,39,40). The Morgan fingerprint density at radius 2 is 1.07 bits per heavy atom. The van der Waals surface area contributed by atoms with Gasteiger partial charge < -0.3 is 16.6 Å². The Morgan fingerprint density at radius 3 is 1.70 bits per heavy atom. The molecule has 0 unspecified atom stereocenters. The summed E-state index contributed by atoms with van der Waals surface area (Å²) in [4.78, 5) is -1.13. The van der Waals surface area contributed by atoms with Gasteiger partial charge >= 0.3 is 0 Å². The predicted octanol–water partition coefficient (Wildman–Crippen LogP) is 5.17. The van der Waals surface area contributed by atoms with E-state index in [2.05, 4.69) is 21.1 Å². The van der Waals surface area contributed by atoms with Gasteiger partial charge in [-0.25, -0.2) is 0 Å². The summed E-state index contributed by atoms with van der Waals surface area (Å²) in [6.45, 7) is 0. The fourth-order valence-corrected chi connectivity index (χ4v) is 5.77. The van der Waals surface area contributed by atoms with Crippen LogP contribution in [0.15, 0.2) is 110 Å². The van der Waals surface area contributed by atoms with Gasteiger partial charge in [-0.1, -0.05) is 18.2 Å². The first-order chi connectivity index (χ1) is 20.1. The fraction of sp³-hybridized carbons (Fsp3) is 0. The number of hydrogen-bond donors (Lipinski definition) is 6. The first-order valence-electron chi connectivity index (χ1n) is 12.0. The second-order valence-electron chi connectivity index (χ2n) is 9.12. The summed E-state index contributed by atoms with van der Waals surface area (Å²) in [5.74, 6) is 0. The highest BCUT2D eigenvalue weighted by Gasteiger charge is 2.16. The highest BCUT2D eigenvalue weighted by Crippen LogP contribution is 2.37. The van der Waals surface area contributed by atoms with E-state index in [-0.39, 0.29) is 32.2 Å². The van der Waals surface area contributed by atoms with Gasteiger partial charge in [-0.15, -0.1) is 10.2 Å². The molecule has 0 aliphatic carbocycles. The van der Waals surface area contributed by atoms with Crippen molar-refractivity contribution in [2.45, 2.75) is 14.7 Å². The molecule has 17 heteroatoms. The Morgan fingerprint density at radius 1 is 0.535 bits per heavy atom. The fourth-order valence-electron chi connectivity index (χ4n) is 4.23. The van der Waals surface area contributed by atoms with Crippen LogP contribution < -0.4 is 16.6 Å². The third-order valence-electron chi connectivity index (χ3n) is 6.30. The van der Waals surface area contributed by atoms with Crippen molar-refractivity contribution in [2.24, 2.45) is 10.2 Å². The van der Waals surface area contributed by atoms with E-state index in [4.69, 9.17) is 5.73 Å². The predicted molar refractivity (Wildman–Crippen MR) is 160 cm³/mol. The van der Waals surface area contributed by atoms with Crippen LogP contribution in [-0.4, -0.2) is 38.9 Å². The second-order valence-corrected chi connectivity index (χ2v) is 13.4. The molecule has 0 heterocycles. The second kappa shape index (κ2) is 10.9. The Kier molecular flexibility index (Phi) is 7.55.